The molecule has 1 saturated heterocycles. The van der Waals surface area contributed by atoms with E-state index in [0.29, 0.717) is 36.4 Å². The number of carbonyl (C=O) groups excluding carboxylic acids is 1. The molecule has 8 nitrogen and oxygen atoms in total. The molecule has 2 aromatic heterocycles. The summed E-state index contributed by atoms with van der Waals surface area (Å²) in [6.07, 6.45) is 6.46. The molecule has 0 aliphatic carbocycles. The predicted molar refractivity (Wildman–Crippen MR) is 88.6 cm³/mol. The van der Waals surface area contributed by atoms with Crippen LogP contribution in [0.2, 0.25) is 0 Å². The lowest BCUT2D eigenvalue weighted by atomic mass is 10.1. The molecule has 2 aromatic rings. The van der Waals surface area contributed by atoms with Crippen LogP contribution in [0.5, 0.6) is 5.88 Å². The molecule has 2 aliphatic rings. The highest BCUT2D eigenvalue weighted by molar-refractivity contribution is 5.98. The minimum Gasteiger partial charge on any atom is -0.477 e. The molecule has 0 spiro atoms. The Hall–Kier alpha value is -2.35. The topological polar surface area (TPSA) is 80.4 Å². The van der Waals surface area contributed by atoms with E-state index in [9.17, 15) is 4.79 Å². The third-order valence-electron chi connectivity index (χ3n) is 4.58. The highest BCUT2D eigenvalue weighted by Gasteiger charge is 2.30. The predicted octanol–water partition coefficient (Wildman–Crippen LogP) is 2.06. The zero-order valence-electron chi connectivity index (χ0n) is 14.3. The zero-order valence-corrected chi connectivity index (χ0v) is 14.3. The second-order valence-corrected chi connectivity index (χ2v) is 6.23. The van der Waals surface area contributed by atoms with E-state index in [1.54, 1.807) is 17.8 Å². The quantitative estimate of drug-likeness (QED) is 0.788. The second kappa shape index (κ2) is 6.87. The molecule has 0 atom stereocenters. The van der Waals surface area contributed by atoms with Crippen LogP contribution in [0.3, 0.4) is 0 Å². The second-order valence-electron chi connectivity index (χ2n) is 6.23. The number of fused-ring (bicyclic) bond motifs is 1. The monoisotopic (exact) mass is 346 g/mol. The maximum atomic E-state index is 12.5. The Morgan fingerprint density at radius 2 is 2.20 bits per heavy atom. The van der Waals surface area contributed by atoms with E-state index in [0.717, 1.165) is 44.6 Å². The molecular formula is C17H22N4O4. The summed E-state index contributed by atoms with van der Waals surface area (Å²) in [5, 5.41) is 9.08. The lowest BCUT2D eigenvalue weighted by Crippen LogP contribution is -2.19. The Morgan fingerprint density at radius 1 is 1.36 bits per heavy atom. The van der Waals surface area contributed by atoms with Crippen molar-refractivity contribution >= 4 is 5.97 Å². The first-order valence-corrected chi connectivity index (χ1v) is 8.81. The van der Waals surface area contributed by atoms with Crippen molar-refractivity contribution in [3.63, 3.8) is 0 Å². The molecular weight excluding hydrogens is 324 g/mol. The van der Waals surface area contributed by atoms with Crippen molar-refractivity contribution in [3.8, 4) is 17.1 Å². The van der Waals surface area contributed by atoms with E-state index in [-0.39, 0.29) is 0 Å². The van der Waals surface area contributed by atoms with Gasteiger partial charge >= 0.3 is 5.97 Å². The summed E-state index contributed by atoms with van der Waals surface area (Å²) in [5.41, 5.74) is 1.78. The Bertz CT molecular complexity index is 761. The summed E-state index contributed by atoms with van der Waals surface area (Å²) in [4.78, 5) is 12.5. The van der Waals surface area contributed by atoms with E-state index in [4.69, 9.17) is 14.2 Å². The van der Waals surface area contributed by atoms with Crippen LogP contribution in [0.25, 0.3) is 11.3 Å². The molecule has 8 heteroatoms. The summed E-state index contributed by atoms with van der Waals surface area (Å²) < 4.78 is 20.0. The molecule has 0 unspecified atom stereocenters. The number of aromatic nitrogens is 4. The van der Waals surface area contributed by atoms with Crippen LogP contribution in [0.15, 0.2) is 12.4 Å². The van der Waals surface area contributed by atoms with Gasteiger partial charge in [-0.25, -0.2) is 9.48 Å². The standard InChI is InChI=1S/C17H22N4O4/c1-2-24-17(22)14-15(19-20-6-3-7-25-16(14)20)12-10-18-21(11-12)13-4-8-23-9-5-13/h10-11,13H,2-9H2,1H3. The van der Waals surface area contributed by atoms with Gasteiger partial charge in [0.15, 0.2) is 0 Å². The first-order chi connectivity index (χ1) is 12.3. The largest absolute Gasteiger partial charge is 0.477 e. The average Bonchev–Trinajstić information content (AvgIpc) is 3.27. The van der Waals surface area contributed by atoms with Crippen LogP contribution in [-0.4, -0.2) is 52.0 Å². The number of carbonyl (C=O) groups is 1. The lowest BCUT2D eigenvalue weighted by molar-refractivity contribution is 0.0520. The Kier molecular flexibility index (Phi) is 4.44. The van der Waals surface area contributed by atoms with Gasteiger partial charge < -0.3 is 14.2 Å². The number of ether oxygens (including phenoxy) is 3. The summed E-state index contributed by atoms with van der Waals surface area (Å²) in [5.74, 6) is 0.0954. The Morgan fingerprint density at radius 3 is 3.00 bits per heavy atom. The zero-order chi connectivity index (χ0) is 17.2. The first-order valence-electron chi connectivity index (χ1n) is 8.81. The molecule has 25 heavy (non-hydrogen) atoms. The molecule has 0 saturated carbocycles. The maximum absolute atomic E-state index is 12.5. The fraction of sp³-hybridized carbons (Fsp3) is 0.588. The van der Waals surface area contributed by atoms with Gasteiger partial charge in [0, 0.05) is 37.9 Å². The van der Waals surface area contributed by atoms with Crippen LogP contribution < -0.4 is 4.74 Å². The van der Waals surface area contributed by atoms with Crippen LogP contribution in [0.1, 0.15) is 42.6 Å². The fourth-order valence-electron chi connectivity index (χ4n) is 3.33. The summed E-state index contributed by atoms with van der Waals surface area (Å²) in [6, 6.07) is 0.321. The minimum absolute atomic E-state index is 0.310. The number of hydrogen-bond donors (Lipinski definition) is 0. The molecule has 134 valence electrons. The maximum Gasteiger partial charge on any atom is 0.345 e. The molecule has 4 rings (SSSR count). The highest BCUT2D eigenvalue weighted by Crippen LogP contribution is 2.34. The van der Waals surface area contributed by atoms with Crippen molar-refractivity contribution in [1.82, 2.24) is 19.6 Å². The van der Waals surface area contributed by atoms with Crippen molar-refractivity contribution in [3.05, 3.63) is 18.0 Å². The van der Waals surface area contributed by atoms with E-state index < -0.39 is 5.97 Å². The molecule has 0 aromatic carbocycles. The van der Waals surface area contributed by atoms with Crippen molar-refractivity contribution in [2.24, 2.45) is 0 Å². The molecule has 2 aliphatic heterocycles. The van der Waals surface area contributed by atoms with Crippen molar-refractivity contribution in [1.29, 1.82) is 0 Å². The highest BCUT2D eigenvalue weighted by atomic mass is 16.5. The van der Waals surface area contributed by atoms with Crippen molar-refractivity contribution in [2.45, 2.75) is 38.8 Å². The average molecular weight is 346 g/mol. The number of esters is 1. The van der Waals surface area contributed by atoms with Gasteiger partial charge in [0.2, 0.25) is 5.88 Å². The van der Waals surface area contributed by atoms with Gasteiger partial charge in [-0.05, 0) is 19.8 Å². The van der Waals surface area contributed by atoms with Crippen LogP contribution >= 0.6 is 0 Å². The molecule has 1 fully saturated rings. The third-order valence-corrected chi connectivity index (χ3v) is 4.58. The smallest absolute Gasteiger partial charge is 0.345 e. The van der Waals surface area contributed by atoms with Crippen LogP contribution in [-0.2, 0) is 16.0 Å². The van der Waals surface area contributed by atoms with Gasteiger partial charge in [-0.1, -0.05) is 0 Å². The number of hydrogen-bond acceptors (Lipinski definition) is 6. The number of rotatable bonds is 4. The van der Waals surface area contributed by atoms with E-state index in [1.165, 1.54) is 0 Å². The molecule has 4 heterocycles. The number of aryl methyl sites for hydroxylation is 1. The minimum atomic E-state index is -0.403. The van der Waals surface area contributed by atoms with Gasteiger partial charge in [-0.15, -0.1) is 0 Å². The van der Waals surface area contributed by atoms with Gasteiger partial charge in [-0.3, -0.25) is 4.68 Å². The van der Waals surface area contributed by atoms with Crippen molar-refractivity contribution in [2.75, 3.05) is 26.4 Å². The van der Waals surface area contributed by atoms with Gasteiger partial charge in [0.25, 0.3) is 0 Å². The summed E-state index contributed by atoms with van der Waals surface area (Å²) in [7, 11) is 0. The molecule has 0 bridgehead atoms. The summed E-state index contributed by atoms with van der Waals surface area (Å²) in [6.45, 7) is 4.91. The van der Waals surface area contributed by atoms with E-state index >= 15 is 0 Å². The van der Waals surface area contributed by atoms with E-state index in [2.05, 4.69) is 10.2 Å². The van der Waals surface area contributed by atoms with Gasteiger partial charge in [0.1, 0.15) is 11.3 Å². The number of nitrogens with zero attached hydrogens (tertiary/aromatic N) is 4. The van der Waals surface area contributed by atoms with Gasteiger partial charge in [-0.2, -0.15) is 10.2 Å². The molecule has 0 radical (unpaired) electrons. The van der Waals surface area contributed by atoms with Crippen LogP contribution in [0.4, 0.5) is 0 Å². The molecule has 0 amide bonds. The van der Waals surface area contributed by atoms with Crippen molar-refractivity contribution < 1.29 is 19.0 Å². The Labute approximate surface area is 145 Å². The summed E-state index contributed by atoms with van der Waals surface area (Å²) >= 11 is 0. The van der Waals surface area contributed by atoms with Gasteiger partial charge in [0.05, 0.1) is 25.5 Å². The molecule has 0 N–H and O–H groups in total. The lowest BCUT2D eigenvalue weighted by Gasteiger charge is -2.22. The van der Waals surface area contributed by atoms with Crippen LogP contribution in [0, 0.1) is 0 Å². The Balaban J connectivity index is 1.71. The normalized spacial score (nSPS) is 17.8. The first kappa shape index (κ1) is 16.1. The third kappa shape index (κ3) is 3.02. The fourth-order valence-corrected chi connectivity index (χ4v) is 3.33. The SMILES string of the molecule is CCOC(=O)c1c(-c2cnn(C3CCOCC3)c2)nn2c1OCCC2. The van der Waals surface area contributed by atoms with E-state index in [1.807, 2.05) is 10.9 Å².